The number of pyridine rings is 1. The van der Waals surface area contributed by atoms with Gasteiger partial charge in [-0.1, -0.05) is 16.9 Å². The van der Waals surface area contributed by atoms with Crippen LogP contribution in [0.5, 0.6) is 0 Å². The van der Waals surface area contributed by atoms with Crippen LogP contribution in [0.3, 0.4) is 0 Å². The highest BCUT2D eigenvalue weighted by molar-refractivity contribution is 8.76. The number of hydrogen-bond donors (Lipinski definition) is 1. The smallest absolute Gasteiger partial charge is 0.106 e. The molecule has 0 aromatic carbocycles. The molecule has 1 aromatic heterocycles. The van der Waals surface area contributed by atoms with Crippen molar-refractivity contribution >= 4 is 21.6 Å². The van der Waals surface area contributed by atoms with Crippen molar-refractivity contribution in [1.82, 2.24) is 4.98 Å². The van der Waals surface area contributed by atoms with Crippen molar-refractivity contribution in [3.63, 3.8) is 0 Å². The molecule has 0 saturated carbocycles. The summed E-state index contributed by atoms with van der Waals surface area (Å²) in [4.78, 5) is 4.17. The van der Waals surface area contributed by atoms with E-state index in [1.165, 1.54) is 0 Å². The Kier molecular flexibility index (Phi) is 4.62. The first-order valence-electron chi connectivity index (χ1n) is 4.12. The quantitative estimate of drug-likeness (QED) is 0.783. The predicted octanol–water partition coefficient (Wildman–Crippen LogP) is 2.59. The number of hydrogen-bond acceptors (Lipinski definition) is 4. The van der Waals surface area contributed by atoms with Gasteiger partial charge in [-0.15, -0.1) is 0 Å². The third-order valence-corrected chi connectivity index (χ3v) is 4.52. The summed E-state index contributed by atoms with van der Waals surface area (Å²) in [7, 11) is 3.24. The lowest BCUT2D eigenvalue weighted by atomic mass is 10.3. The van der Waals surface area contributed by atoms with Gasteiger partial charge in [0, 0.05) is 11.4 Å². The minimum Gasteiger partial charge on any atom is -0.392 e. The average Bonchev–Trinajstić information content (AvgIpc) is 2.15. The van der Waals surface area contributed by atoms with Crippen LogP contribution in [0.25, 0.3) is 0 Å². The molecule has 13 heavy (non-hydrogen) atoms. The molecule has 0 bridgehead atoms. The summed E-state index contributed by atoms with van der Waals surface area (Å²) in [6.07, 6.45) is 1.50. The van der Waals surface area contributed by atoms with E-state index in [1.54, 1.807) is 34.7 Å². The molecule has 0 aliphatic carbocycles. The molecule has 0 unspecified atom stereocenters. The maximum atomic E-state index is 9.24. The van der Waals surface area contributed by atoms with Crippen molar-refractivity contribution in [2.75, 3.05) is 0 Å². The van der Waals surface area contributed by atoms with E-state index in [-0.39, 0.29) is 11.4 Å². The van der Waals surface area contributed by atoms with Gasteiger partial charge in [0.1, 0.15) is 5.03 Å². The molecule has 1 rings (SSSR count). The summed E-state index contributed by atoms with van der Waals surface area (Å²) in [5, 5.41) is 10.5. The first-order chi connectivity index (χ1) is 6.20. The Morgan fingerprint density at radius 3 is 2.69 bits per heavy atom. The third-order valence-electron chi connectivity index (χ3n) is 1.60. The second-order valence-corrected chi connectivity index (χ2v) is 5.39. The molecule has 0 radical (unpaired) electrons. The van der Waals surface area contributed by atoms with E-state index < -0.39 is 0 Å². The molecule has 1 N–H and O–H groups in total. The lowest BCUT2D eigenvalue weighted by molar-refractivity contribution is 0.197. The van der Waals surface area contributed by atoms with Gasteiger partial charge < -0.3 is 5.11 Å². The number of aliphatic hydroxyl groups excluding tert-OH is 1. The summed E-state index contributed by atoms with van der Waals surface area (Å²) < 4.78 is 0. The normalized spacial score (nSPS) is 15.3. The van der Waals surface area contributed by atoms with Crippen molar-refractivity contribution in [3.8, 4) is 0 Å². The fourth-order valence-electron chi connectivity index (χ4n) is 0.602. The third kappa shape index (κ3) is 4.02. The minimum atomic E-state index is -0.277. The Morgan fingerprint density at radius 1 is 1.38 bits per heavy atom. The van der Waals surface area contributed by atoms with Gasteiger partial charge in [0.2, 0.25) is 0 Å². The molecule has 4 heteroatoms. The van der Waals surface area contributed by atoms with Crippen LogP contribution in [-0.4, -0.2) is 21.4 Å². The standard InChI is InChI=1S/C9H13NOS2/c1-7(11)8(2)12-13-9-5-3-4-6-10-9/h3-8,11H,1-2H3/t7-,8+/m0/s1. The van der Waals surface area contributed by atoms with Crippen LogP contribution in [0, 0.1) is 0 Å². The van der Waals surface area contributed by atoms with E-state index in [1.807, 2.05) is 25.1 Å². The van der Waals surface area contributed by atoms with Gasteiger partial charge in [-0.3, -0.25) is 0 Å². The monoisotopic (exact) mass is 215 g/mol. The van der Waals surface area contributed by atoms with Gasteiger partial charge in [-0.25, -0.2) is 4.98 Å². The zero-order valence-electron chi connectivity index (χ0n) is 7.68. The SMILES string of the molecule is C[C@H](O)[C@@H](C)SSc1ccccn1. The van der Waals surface area contributed by atoms with Crippen molar-refractivity contribution < 1.29 is 5.11 Å². The first-order valence-corrected chi connectivity index (χ1v) is 6.34. The lowest BCUT2D eigenvalue weighted by Gasteiger charge is -2.12. The zero-order valence-corrected chi connectivity index (χ0v) is 9.31. The molecule has 0 aliphatic rings. The summed E-state index contributed by atoms with van der Waals surface area (Å²) in [6, 6.07) is 5.82. The number of aromatic nitrogens is 1. The molecule has 0 aliphatic heterocycles. The molecule has 2 nitrogen and oxygen atoms in total. The molecule has 0 fully saturated rings. The van der Waals surface area contributed by atoms with Crippen molar-refractivity contribution in [3.05, 3.63) is 24.4 Å². The van der Waals surface area contributed by atoms with Crippen LogP contribution < -0.4 is 0 Å². The highest BCUT2D eigenvalue weighted by atomic mass is 33.1. The zero-order chi connectivity index (χ0) is 9.68. The molecule has 2 atom stereocenters. The van der Waals surface area contributed by atoms with Crippen LogP contribution in [0.1, 0.15) is 13.8 Å². The van der Waals surface area contributed by atoms with Gasteiger partial charge in [0.25, 0.3) is 0 Å². The van der Waals surface area contributed by atoms with E-state index in [9.17, 15) is 5.11 Å². The topological polar surface area (TPSA) is 33.1 Å². The maximum Gasteiger partial charge on any atom is 0.106 e. The lowest BCUT2D eigenvalue weighted by Crippen LogP contribution is -2.13. The van der Waals surface area contributed by atoms with Gasteiger partial charge in [0.05, 0.1) is 6.10 Å². The van der Waals surface area contributed by atoms with E-state index in [4.69, 9.17) is 0 Å². The highest BCUT2D eigenvalue weighted by Gasteiger charge is 2.09. The van der Waals surface area contributed by atoms with Crippen LogP contribution >= 0.6 is 21.6 Å². The molecule has 0 amide bonds. The van der Waals surface area contributed by atoms with Crippen LogP contribution in [0.2, 0.25) is 0 Å². The number of nitrogens with zero attached hydrogens (tertiary/aromatic N) is 1. The second kappa shape index (κ2) is 5.52. The Balaban J connectivity index is 2.35. The fourth-order valence-corrected chi connectivity index (χ4v) is 2.78. The Morgan fingerprint density at radius 2 is 2.15 bits per heavy atom. The summed E-state index contributed by atoms with van der Waals surface area (Å²) in [5.41, 5.74) is 0. The van der Waals surface area contributed by atoms with E-state index in [0.717, 1.165) is 5.03 Å². The Bertz CT molecular complexity index is 241. The maximum absolute atomic E-state index is 9.24. The Labute approximate surface area is 86.6 Å². The molecule has 0 spiro atoms. The molecule has 0 saturated heterocycles. The molecular weight excluding hydrogens is 202 g/mol. The largest absolute Gasteiger partial charge is 0.392 e. The summed E-state index contributed by atoms with van der Waals surface area (Å²) in [5.74, 6) is 0. The van der Waals surface area contributed by atoms with E-state index >= 15 is 0 Å². The van der Waals surface area contributed by atoms with E-state index in [0.29, 0.717) is 0 Å². The average molecular weight is 215 g/mol. The van der Waals surface area contributed by atoms with Gasteiger partial charge in [-0.05, 0) is 36.8 Å². The van der Waals surface area contributed by atoms with Gasteiger partial charge >= 0.3 is 0 Å². The van der Waals surface area contributed by atoms with Crippen LogP contribution in [-0.2, 0) is 0 Å². The van der Waals surface area contributed by atoms with Crippen molar-refractivity contribution in [2.24, 2.45) is 0 Å². The van der Waals surface area contributed by atoms with Crippen molar-refractivity contribution in [1.29, 1.82) is 0 Å². The van der Waals surface area contributed by atoms with Crippen LogP contribution in [0.15, 0.2) is 29.4 Å². The first kappa shape index (κ1) is 10.9. The number of rotatable bonds is 4. The molecular formula is C9H13NOS2. The molecule has 72 valence electrons. The Hall–Kier alpha value is -0.190. The highest BCUT2D eigenvalue weighted by Crippen LogP contribution is 2.33. The second-order valence-electron chi connectivity index (χ2n) is 2.79. The molecule has 1 heterocycles. The predicted molar refractivity (Wildman–Crippen MR) is 58.8 cm³/mol. The van der Waals surface area contributed by atoms with Crippen molar-refractivity contribution in [2.45, 2.75) is 30.2 Å². The summed E-state index contributed by atoms with van der Waals surface area (Å²) in [6.45, 7) is 3.81. The van der Waals surface area contributed by atoms with Gasteiger partial charge in [0.15, 0.2) is 0 Å². The minimum absolute atomic E-state index is 0.229. The number of aliphatic hydroxyl groups is 1. The molecule has 1 aromatic rings. The summed E-state index contributed by atoms with van der Waals surface area (Å²) >= 11 is 0. The van der Waals surface area contributed by atoms with Crippen LogP contribution in [0.4, 0.5) is 0 Å². The van der Waals surface area contributed by atoms with E-state index in [2.05, 4.69) is 4.98 Å². The fraction of sp³-hybridized carbons (Fsp3) is 0.444. The van der Waals surface area contributed by atoms with Gasteiger partial charge in [-0.2, -0.15) is 0 Å².